The van der Waals surface area contributed by atoms with Crippen LogP contribution in [0.3, 0.4) is 0 Å². The number of ether oxygens (including phenoxy) is 1. The van der Waals surface area contributed by atoms with Gasteiger partial charge in [0, 0.05) is 6.54 Å². The highest BCUT2D eigenvalue weighted by Gasteiger charge is 2.52. The monoisotopic (exact) mass is 310 g/mol. The molecular weight excluding hydrogens is 285 g/mol. The molecule has 1 aliphatic carbocycles. The number of hydrogen-bond donors (Lipinski definition) is 1. The van der Waals surface area contributed by atoms with E-state index in [4.69, 9.17) is 4.74 Å². The Morgan fingerprint density at radius 3 is 2.29 bits per heavy atom. The van der Waals surface area contributed by atoms with Crippen LogP contribution in [0, 0.1) is 5.92 Å². The third-order valence-corrected chi connectivity index (χ3v) is 3.73. The molecule has 1 atom stereocenters. The minimum atomic E-state index is -4.27. The molecular formula is C14H25F3N2O2. The van der Waals surface area contributed by atoms with Crippen LogP contribution >= 0.6 is 0 Å². The number of hydrogen-bond acceptors (Lipinski definition) is 4. The topological polar surface area (TPSA) is 41.6 Å². The van der Waals surface area contributed by atoms with Crippen molar-refractivity contribution in [3.63, 3.8) is 0 Å². The molecule has 124 valence electrons. The van der Waals surface area contributed by atoms with Crippen LogP contribution in [0.25, 0.3) is 0 Å². The van der Waals surface area contributed by atoms with Gasteiger partial charge in [-0.1, -0.05) is 13.8 Å². The number of methoxy groups -OCH3 is 1. The van der Waals surface area contributed by atoms with E-state index in [1.54, 1.807) is 0 Å². The molecule has 1 unspecified atom stereocenters. The van der Waals surface area contributed by atoms with Crippen LogP contribution in [0.1, 0.15) is 33.1 Å². The quantitative estimate of drug-likeness (QED) is 0.663. The fraction of sp³-hybridized carbons (Fsp3) is 0.929. The third-order valence-electron chi connectivity index (χ3n) is 3.73. The minimum Gasteiger partial charge on any atom is -0.468 e. The van der Waals surface area contributed by atoms with Crippen LogP contribution in [-0.4, -0.2) is 55.9 Å². The summed E-state index contributed by atoms with van der Waals surface area (Å²) < 4.78 is 43.0. The molecule has 0 spiro atoms. The summed E-state index contributed by atoms with van der Waals surface area (Å²) >= 11 is 0. The van der Waals surface area contributed by atoms with Gasteiger partial charge in [-0.2, -0.15) is 13.2 Å². The highest BCUT2D eigenvalue weighted by atomic mass is 19.4. The lowest BCUT2D eigenvalue weighted by molar-refractivity contribution is -0.159. The van der Waals surface area contributed by atoms with Crippen molar-refractivity contribution in [2.24, 2.45) is 5.92 Å². The third kappa shape index (κ3) is 5.14. The van der Waals surface area contributed by atoms with Crippen LogP contribution in [0.15, 0.2) is 0 Å². The van der Waals surface area contributed by atoms with E-state index >= 15 is 0 Å². The highest BCUT2D eigenvalue weighted by molar-refractivity contribution is 5.82. The first-order valence-corrected chi connectivity index (χ1v) is 7.41. The first kappa shape index (κ1) is 18.2. The van der Waals surface area contributed by atoms with Gasteiger partial charge in [-0.05, 0) is 38.3 Å². The summed E-state index contributed by atoms with van der Waals surface area (Å²) in [6.07, 6.45) is -1.99. The lowest BCUT2D eigenvalue weighted by Gasteiger charge is -2.37. The number of likely N-dealkylation sites (N-methyl/N-ethyl adjacent to an activating group) is 1. The maximum Gasteiger partial charge on any atom is 0.401 e. The summed E-state index contributed by atoms with van der Waals surface area (Å²) in [5.41, 5.74) is -1.02. The largest absolute Gasteiger partial charge is 0.468 e. The van der Waals surface area contributed by atoms with Crippen LogP contribution < -0.4 is 5.32 Å². The van der Waals surface area contributed by atoms with Crippen molar-refractivity contribution in [3.8, 4) is 0 Å². The predicted molar refractivity (Wildman–Crippen MR) is 73.9 cm³/mol. The Morgan fingerprint density at radius 1 is 1.29 bits per heavy atom. The zero-order chi connectivity index (χ0) is 16.1. The van der Waals surface area contributed by atoms with Gasteiger partial charge >= 0.3 is 12.1 Å². The zero-order valence-corrected chi connectivity index (χ0v) is 12.9. The first-order valence-electron chi connectivity index (χ1n) is 7.41. The van der Waals surface area contributed by atoms with Gasteiger partial charge in [-0.15, -0.1) is 0 Å². The molecule has 0 amide bonds. The number of nitrogens with one attached hydrogen (secondary N) is 1. The Kier molecular flexibility index (Phi) is 6.46. The van der Waals surface area contributed by atoms with Crippen molar-refractivity contribution < 1.29 is 22.7 Å². The Labute approximate surface area is 124 Å². The van der Waals surface area contributed by atoms with Crippen molar-refractivity contribution in [1.82, 2.24) is 10.2 Å². The SMILES string of the molecule is CCCN(CC(F)(F)F)CC(NCC)(C(=O)OC)C1CC1. The summed E-state index contributed by atoms with van der Waals surface area (Å²) in [5, 5.41) is 3.10. The average Bonchev–Trinajstić information content (AvgIpc) is 3.20. The molecule has 0 saturated heterocycles. The second-order valence-corrected chi connectivity index (χ2v) is 5.59. The van der Waals surface area contributed by atoms with Crippen molar-refractivity contribution in [3.05, 3.63) is 0 Å². The van der Waals surface area contributed by atoms with Crippen LogP contribution in [-0.2, 0) is 9.53 Å². The van der Waals surface area contributed by atoms with E-state index in [1.807, 2.05) is 13.8 Å². The Hall–Kier alpha value is -0.820. The van der Waals surface area contributed by atoms with E-state index in [0.717, 1.165) is 12.8 Å². The standard InChI is InChI=1S/C14H25F3N2O2/c1-4-8-19(10-14(15,16)17)9-13(18-5-2,11-6-7-11)12(20)21-3/h11,18H,4-10H2,1-3H3. The second-order valence-electron chi connectivity index (χ2n) is 5.59. The van der Waals surface area contributed by atoms with Crippen molar-refractivity contribution in [2.45, 2.75) is 44.8 Å². The number of rotatable bonds is 9. The van der Waals surface area contributed by atoms with Gasteiger partial charge in [-0.25, -0.2) is 4.79 Å². The number of nitrogens with zero attached hydrogens (tertiary/aromatic N) is 1. The molecule has 0 radical (unpaired) electrons. The van der Waals surface area contributed by atoms with Gasteiger partial charge < -0.3 is 10.1 Å². The minimum absolute atomic E-state index is 0.0333. The lowest BCUT2D eigenvalue weighted by Crippen LogP contribution is -2.62. The van der Waals surface area contributed by atoms with E-state index in [0.29, 0.717) is 19.5 Å². The Bertz CT molecular complexity index is 346. The maximum atomic E-state index is 12.7. The van der Waals surface area contributed by atoms with Crippen LogP contribution in [0.4, 0.5) is 13.2 Å². The summed E-state index contributed by atoms with van der Waals surface area (Å²) in [6, 6.07) is 0. The Balaban J connectivity index is 2.92. The molecule has 4 nitrogen and oxygen atoms in total. The smallest absolute Gasteiger partial charge is 0.401 e. The predicted octanol–water partition coefficient (Wildman–Crippen LogP) is 2.19. The van der Waals surface area contributed by atoms with Gasteiger partial charge in [0.2, 0.25) is 0 Å². The molecule has 0 aromatic heterocycles. The molecule has 1 aliphatic rings. The van der Waals surface area contributed by atoms with Crippen LogP contribution in [0.5, 0.6) is 0 Å². The summed E-state index contributed by atoms with van der Waals surface area (Å²) in [4.78, 5) is 13.5. The normalized spacial score (nSPS) is 18.6. The maximum absolute atomic E-state index is 12.7. The fourth-order valence-electron chi connectivity index (χ4n) is 2.84. The molecule has 21 heavy (non-hydrogen) atoms. The highest BCUT2D eigenvalue weighted by Crippen LogP contribution is 2.41. The number of carbonyl (C=O) groups excluding carboxylic acids is 1. The lowest BCUT2D eigenvalue weighted by atomic mass is 9.92. The first-order chi connectivity index (χ1) is 9.79. The number of carbonyl (C=O) groups is 1. The summed E-state index contributed by atoms with van der Waals surface area (Å²) in [6.45, 7) is 3.51. The van der Waals surface area contributed by atoms with Gasteiger partial charge in [0.1, 0.15) is 5.54 Å². The number of halogens is 3. The van der Waals surface area contributed by atoms with Crippen molar-refractivity contribution >= 4 is 5.97 Å². The fourth-order valence-corrected chi connectivity index (χ4v) is 2.84. The van der Waals surface area contributed by atoms with E-state index in [1.165, 1.54) is 12.0 Å². The molecule has 0 aliphatic heterocycles. The molecule has 1 rings (SSSR count). The average molecular weight is 310 g/mol. The molecule has 1 N–H and O–H groups in total. The molecule has 0 aromatic rings. The number of esters is 1. The van der Waals surface area contributed by atoms with Crippen molar-refractivity contribution in [2.75, 3.05) is 33.3 Å². The molecule has 1 fully saturated rings. The van der Waals surface area contributed by atoms with Gasteiger partial charge in [0.25, 0.3) is 0 Å². The molecule has 0 aromatic carbocycles. The summed E-state index contributed by atoms with van der Waals surface area (Å²) in [5.74, 6) is -0.410. The molecule has 1 saturated carbocycles. The van der Waals surface area contributed by atoms with E-state index in [2.05, 4.69) is 5.32 Å². The molecule has 7 heteroatoms. The van der Waals surface area contributed by atoms with E-state index in [9.17, 15) is 18.0 Å². The number of alkyl halides is 3. The van der Waals surface area contributed by atoms with E-state index < -0.39 is 24.2 Å². The van der Waals surface area contributed by atoms with E-state index in [-0.39, 0.29) is 12.5 Å². The van der Waals surface area contributed by atoms with Gasteiger partial charge in [-0.3, -0.25) is 4.90 Å². The molecule has 0 bridgehead atoms. The second kappa shape index (κ2) is 7.45. The zero-order valence-electron chi connectivity index (χ0n) is 12.9. The summed E-state index contributed by atoms with van der Waals surface area (Å²) in [7, 11) is 1.28. The van der Waals surface area contributed by atoms with Gasteiger partial charge in [0.05, 0.1) is 13.7 Å². The molecule has 0 heterocycles. The van der Waals surface area contributed by atoms with Crippen molar-refractivity contribution in [1.29, 1.82) is 0 Å². The van der Waals surface area contributed by atoms with Crippen LogP contribution in [0.2, 0.25) is 0 Å². The Morgan fingerprint density at radius 2 is 1.90 bits per heavy atom. The van der Waals surface area contributed by atoms with Gasteiger partial charge in [0.15, 0.2) is 0 Å².